The fourth-order valence-electron chi connectivity index (χ4n) is 1.36. The monoisotopic (exact) mass is 210 g/mol. The first-order valence-corrected chi connectivity index (χ1v) is 5.37. The van der Waals surface area contributed by atoms with Crippen molar-refractivity contribution in [1.29, 1.82) is 0 Å². The van der Waals surface area contributed by atoms with E-state index < -0.39 is 0 Å². The summed E-state index contributed by atoms with van der Waals surface area (Å²) in [5, 5.41) is 3.54. The van der Waals surface area contributed by atoms with Crippen molar-refractivity contribution >= 4 is 17.5 Å². The van der Waals surface area contributed by atoms with Crippen molar-refractivity contribution in [3.8, 4) is 0 Å². The number of nitrogens with one attached hydrogen (secondary N) is 1. The van der Waals surface area contributed by atoms with Gasteiger partial charge in [-0.3, -0.25) is 0 Å². The van der Waals surface area contributed by atoms with Gasteiger partial charge in [0, 0.05) is 12.0 Å². The van der Waals surface area contributed by atoms with Gasteiger partial charge in [-0.25, -0.2) is 4.98 Å². The molecule has 0 spiro atoms. The zero-order chi connectivity index (χ0) is 9.54. The molecule has 5 heteroatoms. The second-order valence-electron chi connectivity index (χ2n) is 3.98. The average Bonchev–Trinajstić information content (AvgIpc) is 2.99. The second-order valence-corrected chi connectivity index (χ2v) is 4.32. The lowest BCUT2D eigenvalue weighted by Crippen LogP contribution is -2.08. The van der Waals surface area contributed by atoms with Crippen LogP contribution in [0.4, 0.5) is 5.95 Å². The van der Waals surface area contributed by atoms with Crippen LogP contribution in [0.3, 0.4) is 0 Å². The standard InChI is InChI=1S/C9H11ClN4/c10-8-12-7(5-1-2-5)13-9(14-8)11-6-3-4-6/h5-6H,1-4H2,(H,11,12,13,14). The van der Waals surface area contributed by atoms with Crippen LogP contribution in [0.15, 0.2) is 0 Å². The molecule has 4 nitrogen and oxygen atoms in total. The molecule has 2 saturated carbocycles. The number of nitrogens with zero attached hydrogens (tertiary/aromatic N) is 3. The van der Waals surface area contributed by atoms with Gasteiger partial charge in [0.2, 0.25) is 11.2 Å². The van der Waals surface area contributed by atoms with Crippen molar-refractivity contribution in [2.45, 2.75) is 37.6 Å². The van der Waals surface area contributed by atoms with Gasteiger partial charge < -0.3 is 5.32 Å². The first kappa shape index (κ1) is 8.41. The molecule has 0 unspecified atom stereocenters. The number of hydrogen-bond acceptors (Lipinski definition) is 4. The van der Waals surface area contributed by atoms with Crippen molar-refractivity contribution in [2.75, 3.05) is 5.32 Å². The van der Waals surface area contributed by atoms with E-state index in [1.165, 1.54) is 25.7 Å². The van der Waals surface area contributed by atoms with Gasteiger partial charge in [-0.05, 0) is 37.3 Å². The number of aromatic nitrogens is 3. The summed E-state index contributed by atoms with van der Waals surface area (Å²) in [6.07, 6.45) is 4.79. The Bertz CT molecular complexity index is 360. The number of anilines is 1. The lowest BCUT2D eigenvalue weighted by molar-refractivity contribution is 0.880. The summed E-state index contributed by atoms with van der Waals surface area (Å²) in [7, 11) is 0. The summed E-state index contributed by atoms with van der Waals surface area (Å²) >= 11 is 5.82. The highest BCUT2D eigenvalue weighted by molar-refractivity contribution is 6.28. The molecular formula is C9H11ClN4. The van der Waals surface area contributed by atoms with Gasteiger partial charge in [-0.15, -0.1) is 0 Å². The second kappa shape index (κ2) is 3.05. The summed E-state index contributed by atoms with van der Waals surface area (Å²) in [5.74, 6) is 2.03. The number of rotatable bonds is 3. The Hall–Kier alpha value is -0.900. The molecule has 2 fully saturated rings. The van der Waals surface area contributed by atoms with Crippen LogP contribution < -0.4 is 5.32 Å². The maximum Gasteiger partial charge on any atom is 0.227 e. The Morgan fingerprint density at radius 2 is 1.86 bits per heavy atom. The summed E-state index contributed by atoms with van der Waals surface area (Å²) in [4.78, 5) is 12.5. The first-order chi connectivity index (χ1) is 6.81. The van der Waals surface area contributed by atoms with Crippen LogP contribution in [-0.2, 0) is 0 Å². The molecule has 0 atom stereocenters. The SMILES string of the molecule is Clc1nc(NC2CC2)nc(C2CC2)n1. The quantitative estimate of drug-likeness (QED) is 0.829. The fraction of sp³-hybridized carbons (Fsp3) is 0.667. The minimum absolute atomic E-state index is 0.310. The van der Waals surface area contributed by atoms with E-state index in [-0.39, 0.29) is 0 Å². The minimum Gasteiger partial charge on any atom is -0.351 e. The molecule has 1 aromatic heterocycles. The summed E-state index contributed by atoms with van der Waals surface area (Å²) in [6.45, 7) is 0. The maximum absolute atomic E-state index is 5.82. The van der Waals surface area contributed by atoms with E-state index >= 15 is 0 Å². The Morgan fingerprint density at radius 3 is 2.50 bits per heavy atom. The van der Waals surface area contributed by atoms with Crippen LogP contribution in [0, 0.1) is 0 Å². The van der Waals surface area contributed by atoms with E-state index in [4.69, 9.17) is 11.6 Å². The highest BCUT2D eigenvalue weighted by atomic mass is 35.5. The van der Waals surface area contributed by atoms with Crippen LogP contribution in [0.25, 0.3) is 0 Å². The summed E-state index contributed by atoms with van der Waals surface area (Å²) < 4.78 is 0. The normalized spacial score (nSPS) is 20.9. The lowest BCUT2D eigenvalue weighted by atomic mass is 10.4. The molecule has 0 aliphatic heterocycles. The minimum atomic E-state index is 0.310. The van der Waals surface area contributed by atoms with Gasteiger partial charge in [0.05, 0.1) is 0 Å². The topological polar surface area (TPSA) is 50.7 Å². The zero-order valence-corrected chi connectivity index (χ0v) is 8.46. The van der Waals surface area contributed by atoms with Crippen molar-refractivity contribution < 1.29 is 0 Å². The van der Waals surface area contributed by atoms with Gasteiger partial charge in [-0.2, -0.15) is 9.97 Å². The third-order valence-corrected chi connectivity index (χ3v) is 2.65. The van der Waals surface area contributed by atoms with E-state index in [2.05, 4.69) is 20.3 Å². The Kier molecular flexibility index (Phi) is 1.83. The van der Waals surface area contributed by atoms with Crippen LogP contribution >= 0.6 is 11.6 Å². The van der Waals surface area contributed by atoms with E-state index in [1.54, 1.807) is 0 Å². The highest BCUT2D eigenvalue weighted by Crippen LogP contribution is 2.38. The Morgan fingerprint density at radius 1 is 1.07 bits per heavy atom. The van der Waals surface area contributed by atoms with Gasteiger partial charge in [-0.1, -0.05) is 0 Å². The molecule has 0 amide bonds. The number of hydrogen-bond donors (Lipinski definition) is 1. The third-order valence-electron chi connectivity index (χ3n) is 2.48. The largest absolute Gasteiger partial charge is 0.351 e. The van der Waals surface area contributed by atoms with Crippen LogP contribution in [0.1, 0.15) is 37.4 Å². The molecule has 14 heavy (non-hydrogen) atoms. The van der Waals surface area contributed by atoms with Gasteiger partial charge in [0.15, 0.2) is 0 Å². The first-order valence-electron chi connectivity index (χ1n) is 4.99. The molecule has 2 aliphatic carbocycles. The summed E-state index contributed by atoms with van der Waals surface area (Å²) in [6, 6.07) is 0.556. The van der Waals surface area contributed by atoms with Crippen LogP contribution in [0.2, 0.25) is 5.28 Å². The average molecular weight is 211 g/mol. The fourth-order valence-corrected chi connectivity index (χ4v) is 1.53. The Balaban J connectivity index is 1.85. The molecule has 3 rings (SSSR count). The van der Waals surface area contributed by atoms with Crippen LogP contribution in [0.5, 0.6) is 0 Å². The molecule has 1 N–H and O–H groups in total. The van der Waals surface area contributed by atoms with Crippen LogP contribution in [-0.4, -0.2) is 21.0 Å². The van der Waals surface area contributed by atoms with Crippen molar-refractivity contribution in [3.63, 3.8) is 0 Å². The molecular weight excluding hydrogens is 200 g/mol. The zero-order valence-electron chi connectivity index (χ0n) is 7.70. The molecule has 74 valence electrons. The molecule has 0 bridgehead atoms. The van der Waals surface area contributed by atoms with E-state index in [0.29, 0.717) is 23.2 Å². The van der Waals surface area contributed by atoms with Gasteiger partial charge >= 0.3 is 0 Å². The number of halogens is 1. The van der Waals surface area contributed by atoms with E-state index in [1.807, 2.05) is 0 Å². The molecule has 0 radical (unpaired) electrons. The smallest absolute Gasteiger partial charge is 0.227 e. The molecule has 1 aromatic rings. The Labute approximate surface area is 87.1 Å². The van der Waals surface area contributed by atoms with Gasteiger partial charge in [0.25, 0.3) is 0 Å². The predicted octanol–water partition coefficient (Wildman–Crippen LogP) is 1.98. The van der Waals surface area contributed by atoms with Crippen molar-refractivity contribution in [2.24, 2.45) is 0 Å². The van der Waals surface area contributed by atoms with E-state index in [9.17, 15) is 0 Å². The summed E-state index contributed by atoms with van der Waals surface area (Å²) in [5.41, 5.74) is 0. The maximum atomic E-state index is 5.82. The molecule has 0 aromatic carbocycles. The van der Waals surface area contributed by atoms with Gasteiger partial charge in [0.1, 0.15) is 5.82 Å². The lowest BCUT2D eigenvalue weighted by Gasteiger charge is -2.04. The molecule has 1 heterocycles. The highest BCUT2D eigenvalue weighted by Gasteiger charge is 2.28. The van der Waals surface area contributed by atoms with Crippen molar-refractivity contribution in [1.82, 2.24) is 15.0 Å². The van der Waals surface area contributed by atoms with E-state index in [0.717, 1.165) is 5.82 Å². The third kappa shape index (κ3) is 1.80. The van der Waals surface area contributed by atoms with Crippen molar-refractivity contribution in [3.05, 3.63) is 11.1 Å². The molecule has 0 saturated heterocycles. The predicted molar refractivity (Wildman–Crippen MR) is 53.5 cm³/mol. The molecule has 2 aliphatic rings.